The van der Waals surface area contributed by atoms with Crippen LogP contribution in [-0.4, -0.2) is 59.6 Å². The van der Waals surface area contributed by atoms with Gasteiger partial charge in [0.2, 0.25) is 0 Å². The van der Waals surface area contributed by atoms with E-state index in [1.807, 2.05) is 40.9 Å². The van der Waals surface area contributed by atoms with Crippen LogP contribution in [0.4, 0.5) is 0 Å². The van der Waals surface area contributed by atoms with Crippen molar-refractivity contribution in [2.24, 2.45) is 5.92 Å². The minimum absolute atomic E-state index is 0.147. The van der Waals surface area contributed by atoms with E-state index in [1.54, 1.807) is 0 Å². The van der Waals surface area contributed by atoms with E-state index in [2.05, 4.69) is 16.0 Å². The van der Waals surface area contributed by atoms with Gasteiger partial charge in [-0.05, 0) is 29.5 Å². The molecule has 0 spiro atoms. The first-order valence-electron chi connectivity index (χ1n) is 8.85. The number of thiophene rings is 1. The van der Waals surface area contributed by atoms with Crippen molar-refractivity contribution in [3.05, 3.63) is 52.5 Å². The molecule has 132 valence electrons. The minimum Gasteiger partial charge on any atom is -0.375 e. The number of ether oxygens (including phenoxy) is 1. The molecule has 0 N–H and O–H groups in total. The number of rotatable bonds is 3. The lowest BCUT2D eigenvalue weighted by Gasteiger charge is -2.37. The zero-order chi connectivity index (χ0) is 17.1. The molecule has 2 aromatic rings. The maximum Gasteiger partial charge on any atom is 0.264 e. The summed E-state index contributed by atoms with van der Waals surface area (Å²) in [5, 5.41) is 1.96. The van der Waals surface area contributed by atoms with Crippen LogP contribution < -0.4 is 0 Å². The van der Waals surface area contributed by atoms with E-state index < -0.39 is 0 Å². The van der Waals surface area contributed by atoms with Crippen molar-refractivity contribution in [1.82, 2.24) is 14.8 Å². The zero-order valence-electron chi connectivity index (χ0n) is 14.2. The number of likely N-dealkylation sites (tertiary alicyclic amines) is 1. The molecule has 1 amide bonds. The normalized spacial score (nSPS) is 24.6. The molecule has 2 aliphatic rings. The Morgan fingerprint density at radius 3 is 3.04 bits per heavy atom. The fraction of sp³-hybridized carbons (Fsp3) is 0.474. The first-order valence-corrected chi connectivity index (χ1v) is 9.73. The SMILES string of the molecule is O=C(c1cccs1)N1CC[C@H]2CN(Cc3cccnc3)CCO[C@H]2C1. The number of amides is 1. The second kappa shape index (κ2) is 7.64. The highest BCUT2D eigenvalue weighted by Gasteiger charge is 2.35. The number of fused-ring (bicyclic) bond motifs is 1. The Morgan fingerprint density at radius 1 is 1.28 bits per heavy atom. The van der Waals surface area contributed by atoms with E-state index in [0.717, 1.165) is 44.1 Å². The quantitative estimate of drug-likeness (QED) is 0.847. The highest BCUT2D eigenvalue weighted by Crippen LogP contribution is 2.26. The summed E-state index contributed by atoms with van der Waals surface area (Å²) in [5.74, 6) is 0.639. The molecule has 0 radical (unpaired) electrons. The van der Waals surface area contributed by atoms with Crippen LogP contribution in [0.5, 0.6) is 0 Å². The molecule has 4 rings (SSSR count). The lowest BCUT2D eigenvalue weighted by Crippen LogP contribution is -2.48. The number of hydrogen-bond acceptors (Lipinski definition) is 5. The van der Waals surface area contributed by atoms with Crippen molar-refractivity contribution in [3.63, 3.8) is 0 Å². The fourth-order valence-electron chi connectivity index (χ4n) is 3.75. The number of pyridine rings is 1. The second-order valence-corrected chi connectivity index (χ2v) is 7.73. The Bertz CT molecular complexity index is 692. The highest BCUT2D eigenvalue weighted by molar-refractivity contribution is 7.12. The Kier molecular flexibility index (Phi) is 5.10. The summed E-state index contributed by atoms with van der Waals surface area (Å²) in [5.41, 5.74) is 1.24. The second-order valence-electron chi connectivity index (χ2n) is 6.78. The highest BCUT2D eigenvalue weighted by atomic mass is 32.1. The first kappa shape index (κ1) is 16.7. The summed E-state index contributed by atoms with van der Waals surface area (Å²) < 4.78 is 6.12. The maximum atomic E-state index is 12.6. The Hall–Kier alpha value is -1.76. The van der Waals surface area contributed by atoms with E-state index in [1.165, 1.54) is 16.9 Å². The van der Waals surface area contributed by atoms with Crippen LogP contribution in [0.1, 0.15) is 21.7 Å². The molecule has 0 aromatic carbocycles. The molecule has 0 unspecified atom stereocenters. The van der Waals surface area contributed by atoms with E-state index in [4.69, 9.17) is 4.74 Å². The smallest absolute Gasteiger partial charge is 0.264 e. The third kappa shape index (κ3) is 3.92. The minimum atomic E-state index is 0.147. The van der Waals surface area contributed by atoms with E-state index in [0.29, 0.717) is 12.5 Å². The predicted octanol–water partition coefficient (Wildman–Crippen LogP) is 2.51. The number of aromatic nitrogens is 1. The molecule has 4 heterocycles. The predicted molar refractivity (Wildman–Crippen MR) is 97.6 cm³/mol. The Balaban J connectivity index is 1.38. The van der Waals surface area contributed by atoms with Crippen LogP contribution in [0.15, 0.2) is 42.0 Å². The summed E-state index contributed by atoms with van der Waals surface area (Å²) in [6, 6.07) is 7.95. The van der Waals surface area contributed by atoms with Crippen LogP contribution in [0, 0.1) is 5.92 Å². The number of hydrogen-bond donors (Lipinski definition) is 0. The molecule has 2 fully saturated rings. The van der Waals surface area contributed by atoms with Gasteiger partial charge in [0.15, 0.2) is 0 Å². The molecule has 0 bridgehead atoms. The van der Waals surface area contributed by atoms with Crippen molar-refractivity contribution in [2.75, 3.05) is 32.8 Å². The van der Waals surface area contributed by atoms with Gasteiger partial charge in [-0.1, -0.05) is 12.1 Å². The Labute approximate surface area is 152 Å². The summed E-state index contributed by atoms with van der Waals surface area (Å²) in [7, 11) is 0. The van der Waals surface area contributed by atoms with Gasteiger partial charge in [-0.2, -0.15) is 0 Å². The van der Waals surface area contributed by atoms with E-state index >= 15 is 0 Å². The molecule has 6 heteroatoms. The van der Waals surface area contributed by atoms with Gasteiger partial charge in [0, 0.05) is 51.0 Å². The van der Waals surface area contributed by atoms with Crippen molar-refractivity contribution in [1.29, 1.82) is 0 Å². The van der Waals surface area contributed by atoms with Crippen LogP contribution in [0.3, 0.4) is 0 Å². The average molecular weight is 357 g/mol. The molecule has 25 heavy (non-hydrogen) atoms. The number of carbonyl (C=O) groups is 1. The lowest BCUT2D eigenvalue weighted by molar-refractivity contribution is -0.0169. The van der Waals surface area contributed by atoms with Crippen LogP contribution >= 0.6 is 11.3 Å². The molecular formula is C19H23N3O2S. The van der Waals surface area contributed by atoms with Gasteiger partial charge in [-0.25, -0.2) is 0 Å². The number of carbonyl (C=O) groups excluding carboxylic acids is 1. The van der Waals surface area contributed by atoms with Gasteiger partial charge in [-0.15, -0.1) is 11.3 Å². The molecule has 2 saturated heterocycles. The summed E-state index contributed by atoms with van der Waals surface area (Å²) in [4.78, 5) is 22.0. The molecule has 5 nitrogen and oxygen atoms in total. The lowest BCUT2D eigenvalue weighted by atomic mass is 9.93. The van der Waals surface area contributed by atoms with E-state index in [9.17, 15) is 4.79 Å². The third-order valence-electron chi connectivity index (χ3n) is 5.08. The van der Waals surface area contributed by atoms with Gasteiger partial charge < -0.3 is 9.64 Å². The third-order valence-corrected chi connectivity index (χ3v) is 5.93. The van der Waals surface area contributed by atoms with Crippen LogP contribution in [0.2, 0.25) is 0 Å². The summed E-state index contributed by atoms with van der Waals surface area (Å²) in [6.45, 7) is 5.13. The summed E-state index contributed by atoms with van der Waals surface area (Å²) in [6.07, 6.45) is 4.90. The largest absolute Gasteiger partial charge is 0.375 e. The van der Waals surface area contributed by atoms with Gasteiger partial charge in [-0.3, -0.25) is 14.7 Å². The van der Waals surface area contributed by atoms with Gasteiger partial charge >= 0.3 is 0 Å². The van der Waals surface area contributed by atoms with E-state index in [-0.39, 0.29) is 12.0 Å². The van der Waals surface area contributed by atoms with Crippen molar-refractivity contribution >= 4 is 17.2 Å². The van der Waals surface area contributed by atoms with Crippen LogP contribution in [-0.2, 0) is 11.3 Å². The van der Waals surface area contributed by atoms with Crippen LogP contribution in [0.25, 0.3) is 0 Å². The van der Waals surface area contributed by atoms with Gasteiger partial charge in [0.1, 0.15) is 0 Å². The topological polar surface area (TPSA) is 45.7 Å². The number of piperidine rings is 1. The molecule has 2 aromatic heterocycles. The monoisotopic (exact) mass is 357 g/mol. The Morgan fingerprint density at radius 2 is 2.24 bits per heavy atom. The molecular weight excluding hydrogens is 334 g/mol. The van der Waals surface area contributed by atoms with Crippen molar-refractivity contribution in [3.8, 4) is 0 Å². The molecule has 2 atom stereocenters. The fourth-order valence-corrected chi connectivity index (χ4v) is 4.44. The van der Waals surface area contributed by atoms with Gasteiger partial charge in [0.05, 0.1) is 17.6 Å². The average Bonchev–Trinajstić information content (AvgIpc) is 3.10. The summed E-state index contributed by atoms with van der Waals surface area (Å²) >= 11 is 1.51. The first-order chi connectivity index (χ1) is 12.3. The molecule has 0 aliphatic carbocycles. The maximum absolute atomic E-state index is 12.6. The molecule has 0 saturated carbocycles. The zero-order valence-corrected chi connectivity index (χ0v) is 15.0. The van der Waals surface area contributed by atoms with Crippen molar-refractivity contribution in [2.45, 2.75) is 19.1 Å². The van der Waals surface area contributed by atoms with Gasteiger partial charge in [0.25, 0.3) is 5.91 Å². The standard InChI is InChI=1S/C19H23N3O2S/c23-19(18-4-2-10-25-18)22-7-5-16-13-21(8-9-24-17(16)14-22)12-15-3-1-6-20-11-15/h1-4,6,10-11,16-17H,5,7-9,12-14H2/t16-,17-/m0/s1. The molecule has 2 aliphatic heterocycles. The van der Waals surface area contributed by atoms with Crippen molar-refractivity contribution < 1.29 is 9.53 Å². The number of nitrogens with zero attached hydrogens (tertiary/aromatic N) is 3.